The maximum Gasteiger partial charge on any atom is 0.246 e. The number of aryl methyl sites for hydroxylation is 1. The molecule has 2 unspecified atom stereocenters. The largest absolute Gasteiger partial charge is 0.372 e. The summed E-state index contributed by atoms with van der Waals surface area (Å²) >= 11 is 6.50. The van der Waals surface area contributed by atoms with Crippen molar-refractivity contribution in [3.8, 4) is 0 Å². The van der Waals surface area contributed by atoms with Crippen molar-refractivity contribution in [1.82, 2.24) is 14.7 Å². The predicted molar refractivity (Wildman–Crippen MR) is 103 cm³/mol. The third kappa shape index (κ3) is 4.34. The zero-order chi connectivity index (χ0) is 18.7. The Balaban J connectivity index is 1.73. The van der Waals surface area contributed by atoms with Gasteiger partial charge in [-0.3, -0.25) is 4.79 Å². The normalized spacial score (nSPS) is 20.7. The van der Waals surface area contributed by atoms with Gasteiger partial charge in [0.1, 0.15) is 5.15 Å². The number of aromatic nitrogens is 2. The standard InChI is InChI=1S/C20H24ClN3O2/c1-14-11-23(12-15(2)26-14)19(25)10-9-18-16(3)22-24(20(18)21)13-17-7-5-4-6-8-17/h4-10,14-15H,11-13H2,1-3H3/b10-9+. The molecule has 3 rings (SSSR count). The maximum absolute atomic E-state index is 12.5. The molecule has 6 heteroatoms. The second-order valence-corrected chi connectivity index (χ2v) is 7.13. The van der Waals surface area contributed by atoms with E-state index in [1.807, 2.05) is 56.0 Å². The van der Waals surface area contributed by atoms with E-state index in [9.17, 15) is 4.79 Å². The number of hydrogen-bond acceptors (Lipinski definition) is 3. The molecule has 1 aliphatic rings. The molecule has 2 atom stereocenters. The number of nitrogens with zero attached hydrogens (tertiary/aromatic N) is 3. The molecule has 0 radical (unpaired) electrons. The van der Waals surface area contributed by atoms with Crippen LogP contribution < -0.4 is 0 Å². The van der Waals surface area contributed by atoms with E-state index in [4.69, 9.17) is 16.3 Å². The van der Waals surface area contributed by atoms with E-state index in [1.54, 1.807) is 16.8 Å². The van der Waals surface area contributed by atoms with Gasteiger partial charge in [-0.1, -0.05) is 41.9 Å². The van der Waals surface area contributed by atoms with Crippen molar-refractivity contribution in [2.45, 2.75) is 39.5 Å². The van der Waals surface area contributed by atoms with Crippen molar-refractivity contribution in [2.75, 3.05) is 13.1 Å². The first-order chi connectivity index (χ1) is 12.4. The number of carbonyl (C=O) groups excluding carboxylic acids is 1. The Morgan fingerprint density at radius 1 is 1.27 bits per heavy atom. The van der Waals surface area contributed by atoms with E-state index >= 15 is 0 Å². The van der Waals surface area contributed by atoms with E-state index in [0.717, 1.165) is 16.8 Å². The van der Waals surface area contributed by atoms with Crippen LogP contribution in [0.25, 0.3) is 6.08 Å². The summed E-state index contributed by atoms with van der Waals surface area (Å²) in [4.78, 5) is 14.3. The molecule has 0 spiro atoms. The molecule has 0 aliphatic carbocycles. The van der Waals surface area contributed by atoms with Crippen LogP contribution in [0.3, 0.4) is 0 Å². The molecular formula is C20H24ClN3O2. The minimum Gasteiger partial charge on any atom is -0.372 e. The molecule has 1 fully saturated rings. The molecule has 0 N–H and O–H groups in total. The van der Waals surface area contributed by atoms with Crippen molar-refractivity contribution >= 4 is 23.6 Å². The Labute approximate surface area is 159 Å². The van der Waals surface area contributed by atoms with Crippen LogP contribution in [0.15, 0.2) is 36.4 Å². The predicted octanol–water partition coefficient (Wildman–Crippen LogP) is 3.54. The number of morpholine rings is 1. The number of ether oxygens (including phenoxy) is 1. The smallest absolute Gasteiger partial charge is 0.246 e. The third-order valence-corrected chi connectivity index (χ3v) is 4.81. The fourth-order valence-corrected chi connectivity index (χ4v) is 3.53. The highest BCUT2D eigenvalue weighted by atomic mass is 35.5. The molecule has 1 amide bonds. The highest BCUT2D eigenvalue weighted by Gasteiger charge is 2.24. The van der Waals surface area contributed by atoms with Crippen LogP contribution in [-0.4, -0.2) is 45.9 Å². The SMILES string of the molecule is Cc1nn(Cc2ccccc2)c(Cl)c1/C=C/C(=O)N1CC(C)OC(C)C1. The van der Waals surface area contributed by atoms with Gasteiger partial charge in [0, 0.05) is 24.7 Å². The van der Waals surface area contributed by atoms with Crippen molar-refractivity contribution in [3.63, 3.8) is 0 Å². The second kappa shape index (κ2) is 8.06. The summed E-state index contributed by atoms with van der Waals surface area (Å²) in [7, 11) is 0. The summed E-state index contributed by atoms with van der Waals surface area (Å²) in [5.41, 5.74) is 2.71. The van der Waals surface area contributed by atoms with Crippen molar-refractivity contribution in [1.29, 1.82) is 0 Å². The maximum atomic E-state index is 12.5. The first-order valence-corrected chi connectivity index (χ1v) is 9.21. The zero-order valence-corrected chi connectivity index (χ0v) is 16.1. The second-order valence-electron chi connectivity index (χ2n) is 6.77. The lowest BCUT2D eigenvalue weighted by atomic mass is 10.2. The van der Waals surface area contributed by atoms with Gasteiger partial charge in [-0.25, -0.2) is 4.68 Å². The molecule has 1 aliphatic heterocycles. The van der Waals surface area contributed by atoms with Crippen LogP contribution in [-0.2, 0) is 16.1 Å². The molecule has 26 heavy (non-hydrogen) atoms. The van der Waals surface area contributed by atoms with E-state index in [2.05, 4.69) is 5.10 Å². The van der Waals surface area contributed by atoms with Crippen molar-refractivity contribution in [2.24, 2.45) is 0 Å². The molecule has 5 nitrogen and oxygen atoms in total. The van der Waals surface area contributed by atoms with Gasteiger partial charge in [-0.2, -0.15) is 5.10 Å². The quantitative estimate of drug-likeness (QED) is 0.770. The van der Waals surface area contributed by atoms with E-state index in [-0.39, 0.29) is 18.1 Å². The minimum absolute atomic E-state index is 0.0294. The molecule has 0 saturated carbocycles. The van der Waals surface area contributed by atoms with Gasteiger partial charge in [0.15, 0.2) is 0 Å². The van der Waals surface area contributed by atoms with Gasteiger partial charge in [0.2, 0.25) is 5.91 Å². The fourth-order valence-electron chi connectivity index (χ4n) is 3.24. The molecule has 138 valence electrons. The number of amides is 1. The molecule has 0 bridgehead atoms. The van der Waals surface area contributed by atoms with E-state index in [1.165, 1.54) is 0 Å². The van der Waals surface area contributed by atoms with Gasteiger partial charge in [-0.15, -0.1) is 0 Å². The molecule has 2 aromatic rings. The van der Waals surface area contributed by atoms with Gasteiger partial charge < -0.3 is 9.64 Å². The summed E-state index contributed by atoms with van der Waals surface area (Å²) in [6.45, 7) is 7.67. The zero-order valence-electron chi connectivity index (χ0n) is 15.4. The number of hydrogen-bond donors (Lipinski definition) is 0. The van der Waals surface area contributed by atoms with Crippen LogP contribution in [0.4, 0.5) is 0 Å². The first kappa shape index (κ1) is 18.7. The van der Waals surface area contributed by atoms with Crippen LogP contribution in [0.1, 0.15) is 30.7 Å². The molecule has 1 aromatic carbocycles. The lowest BCUT2D eigenvalue weighted by Gasteiger charge is -2.34. The Hall–Kier alpha value is -2.11. The summed E-state index contributed by atoms with van der Waals surface area (Å²) in [6, 6.07) is 10.0. The van der Waals surface area contributed by atoms with Gasteiger partial charge in [-0.05, 0) is 32.4 Å². The molecular weight excluding hydrogens is 350 g/mol. The highest BCUT2D eigenvalue weighted by Crippen LogP contribution is 2.22. The summed E-state index contributed by atoms with van der Waals surface area (Å²) in [6.07, 6.45) is 3.44. The lowest BCUT2D eigenvalue weighted by molar-refractivity contribution is -0.137. The number of benzene rings is 1. The minimum atomic E-state index is -0.0294. The van der Waals surface area contributed by atoms with Gasteiger partial charge >= 0.3 is 0 Å². The third-order valence-electron chi connectivity index (χ3n) is 4.41. The lowest BCUT2D eigenvalue weighted by Crippen LogP contribution is -2.47. The topological polar surface area (TPSA) is 47.4 Å². The summed E-state index contributed by atoms with van der Waals surface area (Å²) < 4.78 is 7.43. The Kier molecular flexibility index (Phi) is 5.79. The molecule has 1 aromatic heterocycles. The van der Waals surface area contributed by atoms with Crippen molar-refractivity contribution in [3.05, 3.63) is 58.4 Å². The molecule has 1 saturated heterocycles. The van der Waals surface area contributed by atoms with E-state index in [0.29, 0.717) is 24.8 Å². The monoisotopic (exact) mass is 373 g/mol. The van der Waals surface area contributed by atoms with Crippen LogP contribution in [0, 0.1) is 6.92 Å². The first-order valence-electron chi connectivity index (χ1n) is 8.83. The Morgan fingerprint density at radius 3 is 2.58 bits per heavy atom. The number of carbonyl (C=O) groups is 1. The van der Waals surface area contributed by atoms with Gasteiger partial charge in [0.05, 0.1) is 24.4 Å². The Morgan fingerprint density at radius 2 is 1.92 bits per heavy atom. The summed E-state index contributed by atoms with van der Waals surface area (Å²) in [5, 5.41) is 5.05. The van der Waals surface area contributed by atoms with Crippen LogP contribution in [0.2, 0.25) is 5.15 Å². The average molecular weight is 374 g/mol. The Bertz CT molecular complexity index is 791. The number of halogens is 1. The summed E-state index contributed by atoms with van der Waals surface area (Å²) in [5.74, 6) is -0.0294. The average Bonchev–Trinajstić information content (AvgIpc) is 2.86. The van der Waals surface area contributed by atoms with Gasteiger partial charge in [0.25, 0.3) is 0 Å². The fraction of sp³-hybridized carbons (Fsp3) is 0.400. The van der Waals surface area contributed by atoms with Crippen molar-refractivity contribution < 1.29 is 9.53 Å². The highest BCUT2D eigenvalue weighted by molar-refractivity contribution is 6.31. The van der Waals surface area contributed by atoms with Crippen LogP contribution in [0.5, 0.6) is 0 Å². The molecule has 2 heterocycles. The van der Waals surface area contributed by atoms with Crippen LogP contribution >= 0.6 is 11.6 Å². The van der Waals surface area contributed by atoms with E-state index < -0.39 is 0 Å². The number of rotatable bonds is 4.